The first-order valence-corrected chi connectivity index (χ1v) is 12.3. The second-order valence-electron chi connectivity index (χ2n) is 8.65. The topological polar surface area (TPSA) is 124 Å². The fourth-order valence-corrected chi connectivity index (χ4v) is 4.55. The van der Waals surface area contributed by atoms with Gasteiger partial charge in [-0.3, -0.25) is 14.2 Å². The molecule has 2 aromatic heterocycles. The van der Waals surface area contributed by atoms with Gasteiger partial charge in [0.2, 0.25) is 23.5 Å². The first-order valence-electron chi connectivity index (χ1n) is 11.9. The molecular formula is C25H30ClN7O5. The average Bonchev–Trinajstić information content (AvgIpc) is 3.46. The van der Waals surface area contributed by atoms with E-state index < -0.39 is 0 Å². The molecule has 3 heterocycles. The molecule has 38 heavy (non-hydrogen) atoms. The van der Waals surface area contributed by atoms with E-state index in [9.17, 15) is 9.59 Å². The number of ether oxygens (including phenoxy) is 3. The minimum absolute atomic E-state index is 0.0488. The number of halogens is 1. The number of amides is 2. The molecule has 0 radical (unpaired) electrons. The zero-order chi connectivity index (χ0) is 27.2. The molecule has 1 aliphatic rings. The molecule has 1 N–H and O–H groups in total. The molecule has 1 unspecified atom stereocenters. The molecule has 202 valence electrons. The van der Waals surface area contributed by atoms with Gasteiger partial charge < -0.3 is 29.3 Å². The lowest BCUT2D eigenvalue weighted by Gasteiger charge is -2.41. The van der Waals surface area contributed by atoms with E-state index in [0.29, 0.717) is 48.6 Å². The molecular weight excluding hydrogens is 514 g/mol. The number of carbonyl (C=O) groups excluding carboxylic acids is 2. The summed E-state index contributed by atoms with van der Waals surface area (Å²) >= 11 is 6.32. The summed E-state index contributed by atoms with van der Waals surface area (Å²) in [5.74, 6) is 2.18. The van der Waals surface area contributed by atoms with Crippen LogP contribution in [0.5, 0.6) is 17.2 Å². The quantitative estimate of drug-likeness (QED) is 0.404. The fourth-order valence-electron chi connectivity index (χ4n) is 4.38. The normalized spacial score (nSPS) is 15.2. The lowest BCUT2D eigenvalue weighted by atomic mass is 10.1. The highest BCUT2D eigenvalue weighted by atomic mass is 35.5. The third-order valence-corrected chi connectivity index (χ3v) is 6.46. The number of hydrogen-bond acceptors (Lipinski definition) is 9. The molecule has 1 saturated heterocycles. The Morgan fingerprint density at radius 3 is 2.42 bits per heavy atom. The van der Waals surface area contributed by atoms with Crippen LogP contribution in [0.15, 0.2) is 36.9 Å². The van der Waals surface area contributed by atoms with Crippen LogP contribution in [0, 0.1) is 0 Å². The number of imidazole rings is 1. The van der Waals surface area contributed by atoms with E-state index in [1.54, 1.807) is 46.4 Å². The lowest BCUT2D eigenvalue weighted by Crippen LogP contribution is -2.56. The molecule has 13 heteroatoms. The number of aromatic nitrogens is 4. The van der Waals surface area contributed by atoms with Crippen LogP contribution in [-0.2, 0) is 16.1 Å². The molecule has 1 fully saturated rings. The summed E-state index contributed by atoms with van der Waals surface area (Å²) in [5.41, 5.74) is 0.784. The van der Waals surface area contributed by atoms with Gasteiger partial charge in [-0.25, -0.2) is 9.97 Å². The Bertz CT molecular complexity index is 1260. The average molecular weight is 544 g/mol. The molecule has 2 amide bonds. The second kappa shape index (κ2) is 12.0. The van der Waals surface area contributed by atoms with Crippen LogP contribution in [0.4, 0.5) is 5.82 Å². The van der Waals surface area contributed by atoms with Crippen LogP contribution in [0.2, 0.25) is 5.15 Å². The van der Waals surface area contributed by atoms with Crippen molar-refractivity contribution in [1.29, 1.82) is 0 Å². The van der Waals surface area contributed by atoms with E-state index in [4.69, 9.17) is 25.8 Å². The van der Waals surface area contributed by atoms with Gasteiger partial charge in [-0.2, -0.15) is 4.98 Å². The van der Waals surface area contributed by atoms with Gasteiger partial charge in [0.05, 0.1) is 27.4 Å². The fraction of sp³-hybridized carbons (Fsp3) is 0.400. The van der Waals surface area contributed by atoms with E-state index >= 15 is 0 Å². The highest BCUT2D eigenvalue weighted by Gasteiger charge is 2.31. The van der Waals surface area contributed by atoms with Gasteiger partial charge in [0.25, 0.3) is 0 Å². The van der Waals surface area contributed by atoms with E-state index in [-0.39, 0.29) is 36.0 Å². The Labute approximate surface area is 225 Å². The minimum Gasteiger partial charge on any atom is -0.493 e. The summed E-state index contributed by atoms with van der Waals surface area (Å²) in [6, 6.07) is 4.90. The van der Waals surface area contributed by atoms with E-state index in [2.05, 4.69) is 20.3 Å². The monoisotopic (exact) mass is 543 g/mol. The van der Waals surface area contributed by atoms with E-state index in [1.165, 1.54) is 28.3 Å². The predicted molar refractivity (Wildman–Crippen MR) is 140 cm³/mol. The second-order valence-corrected chi connectivity index (χ2v) is 9.03. The summed E-state index contributed by atoms with van der Waals surface area (Å²) < 4.78 is 17.8. The number of nitrogens with one attached hydrogen (secondary N) is 1. The largest absolute Gasteiger partial charge is 0.493 e. The molecule has 0 saturated carbocycles. The van der Waals surface area contributed by atoms with Crippen molar-refractivity contribution in [2.45, 2.75) is 25.9 Å². The number of hydrogen-bond donors (Lipinski definition) is 1. The van der Waals surface area contributed by atoms with Crippen molar-refractivity contribution in [2.24, 2.45) is 0 Å². The van der Waals surface area contributed by atoms with Crippen molar-refractivity contribution < 1.29 is 23.8 Å². The summed E-state index contributed by atoms with van der Waals surface area (Å²) in [6.45, 7) is 3.13. The van der Waals surface area contributed by atoms with Crippen molar-refractivity contribution >= 4 is 29.2 Å². The number of methoxy groups -OCH3 is 3. The standard InChI is InChI=1S/C25H30ClN7O5/c1-16(34)31-7-8-33(22-12-21(26)29-25(30-22)32-6-5-27-15-32)18(14-31)11-23(35)28-13-17-9-19(36-2)24(38-4)20(10-17)37-3/h5-6,9-10,12,15,18H,7-8,11,13-14H2,1-4H3,(H,28,35). The molecule has 0 aliphatic carbocycles. The Kier molecular flexibility index (Phi) is 8.52. The zero-order valence-corrected chi connectivity index (χ0v) is 22.4. The van der Waals surface area contributed by atoms with Gasteiger partial charge in [-0.05, 0) is 17.7 Å². The van der Waals surface area contributed by atoms with Crippen molar-refractivity contribution in [2.75, 3.05) is 45.9 Å². The lowest BCUT2D eigenvalue weighted by molar-refractivity contribution is -0.130. The molecule has 4 rings (SSSR count). The molecule has 12 nitrogen and oxygen atoms in total. The van der Waals surface area contributed by atoms with Gasteiger partial charge in [0.1, 0.15) is 17.3 Å². The van der Waals surface area contributed by atoms with Crippen molar-refractivity contribution in [3.63, 3.8) is 0 Å². The SMILES string of the molecule is COc1cc(CNC(=O)CC2CN(C(C)=O)CCN2c2cc(Cl)nc(-n3ccnc3)n2)cc(OC)c1OC. The number of piperazine rings is 1. The minimum atomic E-state index is -0.325. The van der Waals surface area contributed by atoms with Crippen molar-refractivity contribution in [3.8, 4) is 23.2 Å². The maximum Gasteiger partial charge on any atom is 0.238 e. The molecule has 1 aromatic carbocycles. The summed E-state index contributed by atoms with van der Waals surface area (Å²) in [5, 5.41) is 3.22. The maximum atomic E-state index is 13.1. The van der Waals surface area contributed by atoms with Crippen LogP contribution in [0.3, 0.4) is 0 Å². The van der Waals surface area contributed by atoms with Gasteiger partial charge in [-0.15, -0.1) is 0 Å². The number of rotatable bonds is 9. The number of nitrogens with zero attached hydrogens (tertiary/aromatic N) is 6. The first kappa shape index (κ1) is 27.0. The van der Waals surface area contributed by atoms with Gasteiger partial charge in [-0.1, -0.05) is 11.6 Å². The molecule has 0 spiro atoms. The van der Waals surface area contributed by atoms with Crippen molar-refractivity contribution in [3.05, 3.63) is 47.6 Å². The van der Waals surface area contributed by atoms with E-state index in [1.807, 2.05) is 4.90 Å². The van der Waals surface area contributed by atoms with Gasteiger partial charge >= 0.3 is 0 Å². The molecule has 1 atom stereocenters. The van der Waals surface area contributed by atoms with Crippen molar-refractivity contribution in [1.82, 2.24) is 29.7 Å². The maximum absolute atomic E-state index is 13.1. The Balaban J connectivity index is 1.52. The van der Waals surface area contributed by atoms with Gasteiger partial charge in [0, 0.05) is 58.0 Å². The third kappa shape index (κ3) is 6.08. The highest BCUT2D eigenvalue weighted by molar-refractivity contribution is 6.29. The van der Waals surface area contributed by atoms with E-state index in [0.717, 1.165) is 5.56 Å². The first-order chi connectivity index (χ1) is 18.3. The summed E-state index contributed by atoms with van der Waals surface area (Å²) in [7, 11) is 4.61. The predicted octanol–water partition coefficient (Wildman–Crippen LogP) is 2.09. The van der Waals surface area contributed by atoms with Crippen LogP contribution in [0.25, 0.3) is 5.95 Å². The van der Waals surface area contributed by atoms with Crippen LogP contribution >= 0.6 is 11.6 Å². The molecule has 3 aromatic rings. The van der Waals surface area contributed by atoms with Crippen LogP contribution in [-0.4, -0.2) is 83.2 Å². The third-order valence-electron chi connectivity index (χ3n) is 6.26. The number of anilines is 1. The zero-order valence-electron chi connectivity index (χ0n) is 21.7. The number of benzene rings is 1. The smallest absolute Gasteiger partial charge is 0.238 e. The Hall–Kier alpha value is -4.06. The highest BCUT2D eigenvalue weighted by Crippen LogP contribution is 2.38. The Morgan fingerprint density at radius 2 is 1.82 bits per heavy atom. The number of carbonyl (C=O) groups is 2. The van der Waals surface area contributed by atoms with Gasteiger partial charge in [0.15, 0.2) is 11.5 Å². The summed E-state index contributed by atoms with van der Waals surface area (Å²) in [4.78, 5) is 41.9. The summed E-state index contributed by atoms with van der Waals surface area (Å²) in [6.07, 6.45) is 5.06. The Morgan fingerprint density at radius 1 is 1.08 bits per heavy atom. The van der Waals surface area contributed by atoms with Crippen LogP contribution in [0.1, 0.15) is 18.9 Å². The van der Waals surface area contributed by atoms with Crippen LogP contribution < -0.4 is 24.4 Å². The molecule has 0 bridgehead atoms. The molecule has 1 aliphatic heterocycles.